The number of nitrogens with zero attached hydrogens (tertiary/aromatic N) is 2. The van der Waals surface area contributed by atoms with E-state index in [1.54, 1.807) is 0 Å². The summed E-state index contributed by atoms with van der Waals surface area (Å²) in [5, 5.41) is 3.98. The van der Waals surface area contributed by atoms with Crippen LogP contribution in [0.15, 0.2) is 24.3 Å². The molecule has 1 N–H and O–H groups in total. The van der Waals surface area contributed by atoms with Crippen molar-refractivity contribution in [3.05, 3.63) is 34.9 Å². The molecule has 0 spiro atoms. The molecule has 1 aromatic rings. The summed E-state index contributed by atoms with van der Waals surface area (Å²) in [4.78, 5) is 16.0. The Morgan fingerprint density at radius 3 is 2.84 bits per heavy atom. The SMILES string of the molecule is CN(CC(=O)N1CCNCC1)Cc1cccc(Cl)c1. The van der Waals surface area contributed by atoms with Gasteiger partial charge < -0.3 is 10.2 Å². The quantitative estimate of drug-likeness (QED) is 0.901. The molecule has 104 valence electrons. The Morgan fingerprint density at radius 1 is 1.42 bits per heavy atom. The number of piperazine rings is 1. The summed E-state index contributed by atoms with van der Waals surface area (Å²) in [6, 6.07) is 7.76. The van der Waals surface area contributed by atoms with Crippen LogP contribution in [-0.2, 0) is 11.3 Å². The summed E-state index contributed by atoms with van der Waals surface area (Å²) < 4.78 is 0. The number of halogens is 1. The minimum Gasteiger partial charge on any atom is -0.339 e. The van der Waals surface area contributed by atoms with Crippen molar-refractivity contribution in [1.29, 1.82) is 0 Å². The van der Waals surface area contributed by atoms with Crippen molar-refractivity contribution in [2.24, 2.45) is 0 Å². The fourth-order valence-corrected chi connectivity index (χ4v) is 2.46. The Bertz CT molecular complexity index is 432. The molecule has 1 saturated heterocycles. The Balaban J connectivity index is 1.83. The van der Waals surface area contributed by atoms with Crippen molar-refractivity contribution >= 4 is 17.5 Å². The molecule has 19 heavy (non-hydrogen) atoms. The summed E-state index contributed by atoms with van der Waals surface area (Å²) in [7, 11) is 1.96. The van der Waals surface area contributed by atoms with Crippen LogP contribution in [0.4, 0.5) is 0 Å². The van der Waals surface area contributed by atoms with Crippen molar-refractivity contribution < 1.29 is 4.79 Å². The molecule has 0 bridgehead atoms. The third-order valence-corrected chi connectivity index (χ3v) is 3.45. The van der Waals surface area contributed by atoms with E-state index in [0.717, 1.165) is 43.3 Å². The lowest BCUT2D eigenvalue weighted by Crippen LogP contribution is -2.49. The first-order chi connectivity index (χ1) is 9.15. The highest BCUT2D eigenvalue weighted by Crippen LogP contribution is 2.12. The maximum Gasteiger partial charge on any atom is 0.236 e. The van der Waals surface area contributed by atoms with E-state index < -0.39 is 0 Å². The molecule has 1 fully saturated rings. The zero-order valence-electron chi connectivity index (χ0n) is 11.2. The Kier molecular flexibility index (Phi) is 5.19. The van der Waals surface area contributed by atoms with Gasteiger partial charge in [0.1, 0.15) is 0 Å². The number of likely N-dealkylation sites (N-methyl/N-ethyl adjacent to an activating group) is 1. The molecule has 0 atom stereocenters. The average molecular weight is 282 g/mol. The van der Waals surface area contributed by atoms with Gasteiger partial charge in [0.15, 0.2) is 0 Å². The van der Waals surface area contributed by atoms with E-state index in [1.165, 1.54) is 0 Å². The van der Waals surface area contributed by atoms with E-state index in [1.807, 2.05) is 41.1 Å². The number of hydrogen-bond donors (Lipinski definition) is 1. The minimum absolute atomic E-state index is 0.200. The summed E-state index contributed by atoms with van der Waals surface area (Å²) in [5.41, 5.74) is 1.13. The normalized spacial score (nSPS) is 15.8. The van der Waals surface area contributed by atoms with E-state index in [2.05, 4.69) is 5.32 Å². The number of carbonyl (C=O) groups excluding carboxylic acids is 1. The summed E-state index contributed by atoms with van der Waals surface area (Å²) >= 11 is 5.96. The van der Waals surface area contributed by atoms with Gasteiger partial charge in [-0.05, 0) is 24.7 Å². The van der Waals surface area contributed by atoms with Gasteiger partial charge >= 0.3 is 0 Å². The van der Waals surface area contributed by atoms with Crippen molar-refractivity contribution in [3.63, 3.8) is 0 Å². The van der Waals surface area contributed by atoms with E-state index >= 15 is 0 Å². The highest BCUT2D eigenvalue weighted by atomic mass is 35.5. The molecule has 1 aliphatic heterocycles. The molecule has 1 aliphatic rings. The molecule has 0 unspecified atom stereocenters. The second-order valence-electron chi connectivity index (χ2n) is 4.93. The van der Waals surface area contributed by atoms with Gasteiger partial charge in [-0.25, -0.2) is 0 Å². The van der Waals surface area contributed by atoms with Crippen molar-refractivity contribution in [1.82, 2.24) is 15.1 Å². The van der Waals surface area contributed by atoms with Crippen LogP contribution < -0.4 is 5.32 Å². The van der Waals surface area contributed by atoms with Gasteiger partial charge in [0.25, 0.3) is 0 Å². The molecule has 1 amide bonds. The number of amides is 1. The maximum atomic E-state index is 12.1. The first kappa shape index (κ1) is 14.3. The van der Waals surface area contributed by atoms with Crippen LogP contribution in [-0.4, -0.2) is 55.5 Å². The monoisotopic (exact) mass is 281 g/mol. The number of benzene rings is 1. The Hall–Kier alpha value is -1.10. The molecule has 0 saturated carbocycles. The summed E-state index contributed by atoms with van der Waals surface area (Å²) in [6.07, 6.45) is 0. The van der Waals surface area contributed by atoms with Gasteiger partial charge in [-0.3, -0.25) is 9.69 Å². The second-order valence-corrected chi connectivity index (χ2v) is 5.37. The van der Waals surface area contributed by atoms with Gasteiger partial charge in [0.2, 0.25) is 5.91 Å². The molecule has 1 heterocycles. The fraction of sp³-hybridized carbons (Fsp3) is 0.500. The fourth-order valence-electron chi connectivity index (χ4n) is 2.25. The molecular formula is C14H20ClN3O. The van der Waals surface area contributed by atoms with Gasteiger partial charge in [0.05, 0.1) is 6.54 Å². The van der Waals surface area contributed by atoms with Crippen LogP contribution in [0.5, 0.6) is 0 Å². The lowest BCUT2D eigenvalue weighted by atomic mass is 10.2. The van der Waals surface area contributed by atoms with E-state index in [4.69, 9.17) is 11.6 Å². The zero-order chi connectivity index (χ0) is 13.7. The topological polar surface area (TPSA) is 35.6 Å². The van der Waals surface area contributed by atoms with Crippen molar-refractivity contribution in [2.45, 2.75) is 6.54 Å². The molecule has 1 aromatic carbocycles. The van der Waals surface area contributed by atoms with Crippen molar-refractivity contribution in [2.75, 3.05) is 39.8 Å². The smallest absolute Gasteiger partial charge is 0.236 e. The van der Waals surface area contributed by atoms with Crippen LogP contribution in [0, 0.1) is 0 Å². The molecule has 0 aromatic heterocycles. The minimum atomic E-state index is 0.200. The Labute approximate surface area is 119 Å². The van der Waals surface area contributed by atoms with Crippen LogP contribution in [0.25, 0.3) is 0 Å². The highest BCUT2D eigenvalue weighted by Gasteiger charge is 2.17. The first-order valence-electron chi connectivity index (χ1n) is 6.56. The van der Waals surface area contributed by atoms with E-state index in [9.17, 15) is 4.79 Å². The average Bonchev–Trinajstić information content (AvgIpc) is 2.39. The van der Waals surface area contributed by atoms with Crippen LogP contribution in [0.3, 0.4) is 0 Å². The third kappa shape index (κ3) is 4.49. The Morgan fingerprint density at radius 2 is 2.16 bits per heavy atom. The number of hydrogen-bond acceptors (Lipinski definition) is 3. The van der Waals surface area contributed by atoms with Gasteiger partial charge in [-0.2, -0.15) is 0 Å². The lowest BCUT2D eigenvalue weighted by Gasteiger charge is -2.29. The molecule has 4 nitrogen and oxygen atoms in total. The maximum absolute atomic E-state index is 12.1. The highest BCUT2D eigenvalue weighted by molar-refractivity contribution is 6.30. The molecular weight excluding hydrogens is 262 g/mol. The third-order valence-electron chi connectivity index (χ3n) is 3.22. The van der Waals surface area contributed by atoms with Gasteiger partial charge in [-0.1, -0.05) is 23.7 Å². The largest absolute Gasteiger partial charge is 0.339 e. The molecule has 0 aliphatic carbocycles. The van der Waals surface area contributed by atoms with Crippen LogP contribution in [0.2, 0.25) is 5.02 Å². The van der Waals surface area contributed by atoms with Crippen molar-refractivity contribution in [3.8, 4) is 0 Å². The second kappa shape index (κ2) is 6.89. The van der Waals surface area contributed by atoms with Gasteiger partial charge in [0, 0.05) is 37.7 Å². The predicted octanol–water partition coefficient (Wildman–Crippen LogP) is 1.20. The van der Waals surface area contributed by atoms with Gasteiger partial charge in [-0.15, -0.1) is 0 Å². The number of carbonyl (C=O) groups is 1. The zero-order valence-corrected chi connectivity index (χ0v) is 12.0. The first-order valence-corrected chi connectivity index (χ1v) is 6.94. The summed E-state index contributed by atoms with van der Waals surface area (Å²) in [6.45, 7) is 4.59. The van der Waals surface area contributed by atoms with E-state index in [-0.39, 0.29) is 5.91 Å². The molecule has 0 radical (unpaired) electrons. The van der Waals surface area contributed by atoms with Crippen LogP contribution >= 0.6 is 11.6 Å². The number of rotatable bonds is 4. The molecule has 2 rings (SSSR count). The lowest BCUT2D eigenvalue weighted by molar-refractivity contribution is -0.132. The standard InChI is InChI=1S/C14H20ClN3O/c1-17(10-12-3-2-4-13(15)9-12)11-14(19)18-7-5-16-6-8-18/h2-4,9,16H,5-8,10-11H2,1H3. The predicted molar refractivity (Wildman–Crippen MR) is 77.2 cm³/mol. The molecule has 5 heteroatoms. The van der Waals surface area contributed by atoms with E-state index in [0.29, 0.717) is 6.54 Å². The van der Waals surface area contributed by atoms with Crippen LogP contribution in [0.1, 0.15) is 5.56 Å². The number of nitrogens with one attached hydrogen (secondary N) is 1. The summed E-state index contributed by atoms with van der Waals surface area (Å²) in [5.74, 6) is 0.200.